The van der Waals surface area contributed by atoms with Crippen LogP contribution in [0.15, 0.2) is 4.99 Å². The summed E-state index contributed by atoms with van der Waals surface area (Å²) in [5.74, 6) is -0.0993. The molecule has 88 valence electrons. The van der Waals surface area contributed by atoms with Crippen molar-refractivity contribution in [3.8, 4) is 0 Å². The lowest BCUT2D eigenvalue weighted by Crippen LogP contribution is -2.49. The van der Waals surface area contributed by atoms with Gasteiger partial charge in [0.15, 0.2) is 0 Å². The number of Topliss-reactive ketones (excluding diaryl/α,β-unsaturated/α-hetero) is 1. The first-order chi connectivity index (χ1) is 7.59. The highest BCUT2D eigenvalue weighted by atomic mass is 16.2. The molecule has 0 aromatic carbocycles. The Bertz CT molecular complexity index is 334. The Labute approximate surface area is 95.7 Å². The van der Waals surface area contributed by atoms with Gasteiger partial charge < -0.3 is 4.90 Å². The lowest BCUT2D eigenvalue weighted by Gasteiger charge is -2.33. The number of hydrogen-bond donors (Lipinski definition) is 0. The summed E-state index contributed by atoms with van der Waals surface area (Å²) in [6.45, 7) is 6.83. The van der Waals surface area contributed by atoms with E-state index in [1.165, 1.54) is 6.42 Å². The molecule has 1 amide bonds. The van der Waals surface area contributed by atoms with Crippen LogP contribution in [0.3, 0.4) is 0 Å². The largest absolute Gasteiger partial charge is 0.341 e. The van der Waals surface area contributed by atoms with Crippen LogP contribution in [0.4, 0.5) is 0 Å². The Hall–Kier alpha value is -1.19. The van der Waals surface area contributed by atoms with Gasteiger partial charge in [0, 0.05) is 19.5 Å². The number of likely N-dealkylation sites (tertiary alicyclic amines) is 1. The van der Waals surface area contributed by atoms with Gasteiger partial charge in [-0.25, -0.2) is 0 Å². The van der Waals surface area contributed by atoms with E-state index >= 15 is 0 Å². The van der Waals surface area contributed by atoms with E-state index < -0.39 is 5.54 Å². The monoisotopic (exact) mass is 222 g/mol. The first kappa shape index (κ1) is 11.3. The fraction of sp³-hybridized carbons (Fsp3) is 0.750. The normalized spacial score (nSPS) is 28.4. The maximum Gasteiger partial charge on any atom is 0.250 e. The number of ketones is 1. The average Bonchev–Trinajstić information content (AvgIpc) is 3.06. The number of nitrogens with zero attached hydrogens (tertiary/aromatic N) is 2. The van der Waals surface area contributed by atoms with Gasteiger partial charge in [0.2, 0.25) is 0 Å². The number of hydrogen-bond acceptors (Lipinski definition) is 3. The van der Waals surface area contributed by atoms with Crippen molar-refractivity contribution in [2.45, 2.75) is 38.1 Å². The summed E-state index contributed by atoms with van der Waals surface area (Å²) < 4.78 is 0. The summed E-state index contributed by atoms with van der Waals surface area (Å²) in [4.78, 5) is 29.3. The van der Waals surface area contributed by atoms with Crippen molar-refractivity contribution in [2.75, 3.05) is 13.1 Å². The smallest absolute Gasteiger partial charge is 0.250 e. The molecule has 1 saturated carbocycles. The van der Waals surface area contributed by atoms with Crippen LogP contribution in [0.5, 0.6) is 0 Å². The Morgan fingerprint density at radius 2 is 2.00 bits per heavy atom. The molecule has 4 heteroatoms. The summed E-state index contributed by atoms with van der Waals surface area (Å²) in [6.07, 6.45) is 3.77. The maximum absolute atomic E-state index is 12.3. The van der Waals surface area contributed by atoms with Crippen LogP contribution < -0.4 is 0 Å². The first-order valence-electron chi connectivity index (χ1n) is 5.89. The molecule has 0 aromatic heterocycles. The van der Waals surface area contributed by atoms with Crippen molar-refractivity contribution in [2.24, 2.45) is 10.9 Å². The predicted octanol–water partition coefficient (Wildman–Crippen LogP) is 1.05. The molecule has 16 heavy (non-hydrogen) atoms. The predicted molar refractivity (Wildman–Crippen MR) is 61.5 cm³/mol. The SMILES string of the molecule is C=N[C@](C)(C(=O)N1CCCCC1)C1CC1=O. The van der Waals surface area contributed by atoms with Gasteiger partial charge in [-0.05, 0) is 32.9 Å². The van der Waals surface area contributed by atoms with Crippen molar-refractivity contribution in [3.63, 3.8) is 0 Å². The second-order valence-electron chi connectivity index (χ2n) is 4.88. The molecule has 2 fully saturated rings. The molecule has 2 rings (SSSR count). The molecule has 4 nitrogen and oxygen atoms in total. The van der Waals surface area contributed by atoms with Gasteiger partial charge in [-0.15, -0.1) is 0 Å². The molecule has 2 atom stereocenters. The van der Waals surface area contributed by atoms with Crippen molar-refractivity contribution in [3.05, 3.63) is 0 Å². The minimum Gasteiger partial charge on any atom is -0.341 e. The number of carbonyl (C=O) groups is 2. The lowest BCUT2D eigenvalue weighted by molar-refractivity contribution is -0.138. The van der Waals surface area contributed by atoms with Crippen LogP contribution in [0.25, 0.3) is 0 Å². The Balaban J connectivity index is 2.11. The molecule has 1 aliphatic heterocycles. The molecule has 1 aliphatic carbocycles. The van der Waals surface area contributed by atoms with Crippen molar-refractivity contribution < 1.29 is 9.59 Å². The summed E-state index contributed by atoms with van der Waals surface area (Å²) >= 11 is 0. The van der Waals surface area contributed by atoms with Gasteiger partial charge >= 0.3 is 0 Å². The summed E-state index contributed by atoms with van der Waals surface area (Å²) in [5.41, 5.74) is -0.908. The topological polar surface area (TPSA) is 49.7 Å². The average molecular weight is 222 g/mol. The fourth-order valence-corrected chi connectivity index (χ4v) is 2.40. The zero-order valence-corrected chi connectivity index (χ0v) is 9.74. The second-order valence-corrected chi connectivity index (χ2v) is 4.88. The standard InChI is InChI=1S/C12H18N2O2/c1-12(13-2,9-8-10(9)15)11(16)14-6-4-3-5-7-14/h9H,2-8H2,1H3/t9?,12-/m0/s1. The summed E-state index contributed by atoms with van der Waals surface area (Å²) in [7, 11) is 0. The van der Waals surface area contributed by atoms with E-state index in [0.29, 0.717) is 6.42 Å². The van der Waals surface area contributed by atoms with Crippen molar-refractivity contribution >= 4 is 18.4 Å². The highest BCUT2D eigenvalue weighted by Crippen LogP contribution is 2.39. The zero-order chi connectivity index (χ0) is 11.8. The first-order valence-corrected chi connectivity index (χ1v) is 5.89. The molecular weight excluding hydrogens is 204 g/mol. The minimum absolute atomic E-state index is 0.0157. The minimum atomic E-state index is -0.908. The molecule has 0 bridgehead atoms. The quantitative estimate of drug-likeness (QED) is 0.670. The van der Waals surface area contributed by atoms with Crippen LogP contribution in [0.2, 0.25) is 0 Å². The van der Waals surface area contributed by atoms with Gasteiger partial charge in [-0.1, -0.05) is 0 Å². The Morgan fingerprint density at radius 3 is 2.44 bits per heavy atom. The summed E-state index contributed by atoms with van der Waals surface area (Å²) in [5, 5.41) is 0. The molecule has 1 unspecified atom stereocenters. The van der Waals surface area contributed by atoms with E-state index in [9.17, 15) is 9.59 Å². The number of aliphatic imine (C=N–C) groups is 1. The van der Waals surface area contributed by atoms with E-state index in [-0.39, 0.29) is 17.6 Å². The number of carbonyl (C=O) groups excluding carboxylic acids is 2. The lowest BCUT2D eigenvalue weighted by atomic mass is 9.93. The van der Waals surface area contributed by atoms with Gasteiger partial charge in [-0.2, -0.15) is 0 Å². The fourth-order valence-electron chi connectivity index (χ4n) is 2.40. The van der Waals surface area contributed by atoms with Gasteiger partial charge in [0.25, 0.3) is 5.91 Å². The number of piperidine rings is 1. The van der Waals surface area contributed by atoms with Crippen molar-refractivity contribution in [1.82, 2.24) is 4.90 Å². The second kappa shape index (κ2) is 4.00. The molecule has 2 aliphatic rings. The molecule has 0 radical (unpaired) electrons. The van der Waals surface area contributed by atoms with Crippen LogP contribution >= 0.6 is 0 Å². The van der Waals surface area contributed by atoms with Crippen LogP contribution in [-0.2, 0) is 9.59 Å². The molecule has 0 aromatic rings. The van der Waals surface area contributed by atoms with Crippen molar-refractivity contribution in [1.29, 1.82) is 0 Å². The third-order valence-corrected chi connectivity index (χ3v) is 3.72. The Morgan fingerprint density at radius 1 is 1.44 bits per heavy atom. The third-order valence-electron chi connectivity index (χ3n) is 3.72. The molecule has 1 heterocycles. The van der Waals surface area contributed by atoms with E-state index in [2.05, 4.69) is 11.7 Å². The van der Waals surface area contributed by atoms with E-state index in [1.54, 1.807) is 6.92 Å². The third kappa shape index (κ3) is 1.77. The number of rotatable bonds is 3. The molecular formula is C12H18N2O2. The van der Waals surface area contributed by atoms with Crippen LogP contribution in [0, 0.1) is 5.92 Å². The molecule has 1 saturated heterocycles. The highest BCUT2D eigenvalue weighted by Gasteiger charge is 2.54. The zero-order valence-electron chi connectivity index (χ0n) is 9.74. The highest BCUT2D eigenvalue weighted by molar-refractivity contribution is 6.04. The molecule has 0 spiro atoms. The summed E-state index contributed by atoms with van der Waals surface area (Å²) in [6, 6.07) is 0. The van der Waals surface area contributed by atoms with E-state index in [4.69, 9.17) is 0 Å². The Kier molecular flexibility index (Phi) is 2.82. The molecule has 0 N–H and O–H groups in total. The van der Waals surface area contributed by atoms with Crippen LogP contribution in [-0.4, -0.2) is 41.9 Å². The van der Waals surface area contributed by atoms with Gasteiger partial charge in [-0.3, -0.25) is 14.6 Å². The number of amides is 1. The van der Waals surface area contributed by atoms with Gasteiger partial charge in [0.1, 0.15) is 11.3 Å². The van der Waals surface area contributed by atoms with E-state index in [1.807, 2.05) is 4.90 Å². The van der Waals surface area contributed by atoms with E-state index in [0.717, 1.165) is 25.9 Å². The maximum atomic E-state index is 12.3. The van der Waals surface area contributed by atoms with Gasteiger partial charge in [0.05, 0.1) is 5.92 Å². The van der Waals surface area contributed by atoms with Crippen LogP contribution in [0.1, 0.15) is 32.6 Å².